The molecule has 1 unspecified atom stereocenters. The van der Waals surface area contributed by atoms with Crippen LogP contribution in [0.2, 0.25) is 0 Å². The topological polar surface area (TPSA) is 0 Å². The predicted octanol–water partition coefficient (Wildman–Crippen LogP) is 2.14. The zero-order valence-corrected chi connectivity index (χ0v) is 5.35. The van der Waals surface area contributed by atoms with Gasteiger partial charge in [0.25, 0.3) is 0 Å². The Morgan fingerprint density at radius 2 is 2.25 bits per heavy atom. The number of rotatable bonds is 3. The second-order valence-electron chi connectivity index (χ2n) is 2.07. The van der Waals surface area contributed by atoms with Gasteiger partial charge < -0.3 is 0 Å². The van der Waals surface area contributed by atoms with Gasteiger partial charge in [0.1, 0.15) is 0 Å². The summed E-state index contributed by atoms with van der Waals surface area (Å²) in [6.45, 7) is 7.46. The normalized spacial score (nSPS) is 9.25. The maximum absolute atomic E-state index is 5.46. The summed E-state index contributed by atoms with van der Waals surface area (Å²) in [6, 6.07) is 0. The fourth-order valence-corrected chi connectivity index (χ4v) is 0.526. The third kappa shape index (κ3) is 5.56. The Kier molecular flexibility index (Phi) is 4.45. The van der Waals surface area contributed by atoms with E-state index in [1.165, 1.54) is 0 Å². The minimum Gasteiger partial charge on any atom is -0.120 e. The fraction of sp³-hybridized carbons (Fsp3) is 0.625. The van der Waals surface area contributed by atoms with Crippen LogP contribution in [0.25, 0.3) is 0 Å². The Morgan fingerprint density at radius 3 is 2.62 bits per heavy atom. The van der Waals surface area contributed by atoms with Crippen molar-refractivity contribution in [3.05, 3.63) is 6.92 Å². The van der Waals surface area contributed by atoms with Crippen molar-refractivity contribution < 1.29 is 0 Å². The van der Waals surface area contributed by atoms with Crippen molar-refractivity contribution in [1.82, 2.24) is 0 Å². The summed E-state index contributed by atoms with van der Waals surface area (Å²) in [5.74, 6) is 2.88. The van der Waals surface area contributed by atoms with Gasteiger partial charge in [-0.1, -0.05) is 6.92 Å². The Bertz CT molecular complexity index is 74.5. The van der Waals surface area contributed by atoms with Gasteiger partial charge in [0.2, 0.25) is 0 Å². The first-order valence-corrected chi connectivity index (χ1v) is 2.96. The van der Waals surface area contributed by atoms with Crippen LogP contribution in [0, 0.1) is 25.2 Å². The molecule has 0 aliphatic carbocycles. The molecule has 44 valence electrons. The molecule has 0 N–H and O–H groups in total. The van der Waals surface area contributed by atoms with Crippen molar-refractivity contribution in [3.63, 3.8) is 0 Å². The number of unbranched alkanes of at least 4 members (excludes halogenated alkanes) is 1. The van der Waals surface area contributed by atoms with Crippen LogP contribution in [0.1, 0.15) is 26.2 Å². The molecular weight excluding hydrogens is 96.1 g/mol. The van der Waals surface area contributed by atoms with E-state index in [1.54, 1.807) is 0 Å². The monoisotopic (exact) mass is 108 g/mol. The van der Waals surface area contributed by atoms with Gasteiger partial charge in [-0.05, 0) is 25.7 Å². The standard InChI is InChI=1S/C8H12/c1-4-5-6-7-8(2)3/h1-2,8H,5-7H2,3H3. The number of hydrogen-bond acceptors (Lipinski definition) is 0. The van der Waals surface area contributed by atoms with Crippen molar-refractivity contribution >= 4 is 0 Å². The first kappa shape index (κ1) is 7.56. The highest BCUT2D eigenvalue weighted by molar-refractivity contribution is 4.83. The van der Waals surface area contributed by atoms with E-state index < -0.39 is 0 Å². The summed E-state index contributed by atoms with van der Waals surface area (Å²) < 4.78 is 0. The van der Waals surface area contributed by atoms with E-state index in [0.29, 0.717) is 5.92 Å². The third-order valence-electron chi connectivity index (χ3n) is 0.981. The van der Waals surface area contributed by atoms with Crippen LogP contribution in [0.5, 0.6) is 0 Å². The molecule has 0 heteroatoms. The average Bonchev–Trinajstić information content (AvgIpc) is 1.66. The summed E-state index contributed by atoms with van der Waals surface area (Å²) in [5, 5.41) is 0. The minimum absolute atomic E-state index is 0.309. The lowest BCUT2D eigenvalue weighted by Crippen LogP contribution is -1.85. The summed E-state index contributed by atoms with van der Waals surface area (Å²) in [6.07, 6.45) is 8.00. The van der Waals surface area contributed by atoms with E-state index in [2.05, 4.69) is 5.92 Å². The zero-order valence-electron chi connectivity index (χ0n) is 5.35. The maximum atomic E-state index is 5.46. The molecule has 2 radical (unpaired) electrons. The SMILES string of the molecule is [CH]C(C)CCCC#C. The summed E-state index contributed by atoms with van der Waals surface area (Å²) in [5.41, 5.74) is 0. The third-order valence-corrected chi connectivity index (χ3v) is 0.981. The van der Waals surface area contributed by atoms with Crippen LogP contribution in [0.3, 0.4) is 0 Å². The fourth-order valence-electron chi connectivity index (χ4n) is 0.526. The highest BCUT2D eigenvalue weighted by atomic mass is 14.0. The largest absolute Gasteiger partial charge is 0.120 e. The highest BCUT2D eigenvalue weighted by Gasteiger charge is 1.90. The van der Waals surface area contributed by atoms with E-state index in [4.69, 9.17) is 13.3 Å². The Labute approximate surface area is 52.3 Å². The smallest absolute Gasteiger partial charge is 0.00861 e. The molecule has 0 aromatic heterocycles. The molecule has 0 spiro atoms. The van der Waals surface area contributed by atoms with Crippen LogP contribution in [0.4, 0.5) is 0 Å². The Balaban J connectivity index is 2.85. The molecule has 8 heavy (non-hydrogen) atoms. The highest BCUT2D eigenvalue weighted by Crippen LogP contribution is 2.03. The van der Waals surface area contributed by atoms with Gasteiger partial charge in [0.15, 0.2) is 0 Å². The summed E-state index contributed by atoms with van der Waals surface area (Å²) in [4.78, 5) is 0. The molecule has 0 bridgehead atoms. The van der Waals surface area contributed by atoms with Gasteiger partial charge in [0.05, 0.1) is 0 Å². The van der Waals surface area contributed by atoms with Crippen LogP contribution < -0.4 is 0 Å². The van der Waals surface area contributed by atoms with Crippen molar-refractivity contribution in [2.24, 2.45) is 5.92 Å². The van der Waals surface area contributed by atoms with Crippen molar-refractivity contribution in [2.45, 2.75) is 26.2 Å². The van der Waals surface area contributed by atoms with Crippen LogP contribution in [-0.4, -0.2) is 0 Å². The average molecular weight is 108 g/mol. The van der Waals surface area contributed by atoms with Crippen LogP contribution in [0.15, 0.2) is 0 Å². The first-order chi connectivity index (χ1) is 3.77. The van der Waals surface area contributed by atoms with Crippen molar-refractivity contribution in [1.29, 1.82) is 0 Å². The lowest BCUT2D eigenvalue weighted by Gasteiger charge is -1.98. The lowest BCUT2D eigenvalue weighted by atomic mass is 10.1. The van der Waals surface area contributed by atoms with Gasteiger partial charge in [-0.25, -0.2) is 0 Å². The molecule has 1 atom stereocenters. The van der Waals surface area contributed by atoms with E-state index in [1.807, 2.05) is 6.92 Å². The molecule has 0 aliphatic heterocycles. The van der Waals surface area contributed by atoms with Crippen molar-refractivity contribution in [3.8, 4) is 12.3 Å². The summed E-state index contributed by atoms with van der Waals surface area (Å²) in [7, 11) is 0. The molecule has 0 saturated heterocycles. The molecule has 0 rings (SSSR count). The number of hydrogen-bond donors (Lipinski definition) is 0. The van der Waals surface area contributed by atoms with Gasteiger partial charge >= 0.3 is 0 Å². The molecule has 0 aromatic carbocycles. The van der Waals surface area contributed by atoms with Gasteiger partial charge in [-0.3, -0.25) is 0 Å². The minimum atomic E-state index is 0.309. The summed E-state index contributed by atoms with van der Waals surface area (Å²) >= 11 is 0. The van der Waals surface area contributed by atoms with E-state index >= 15 is 0 Å². The quantitative estimate of drug-likeness (QED) is 0.384. The second kappa shape index (κ2) is 4.71. The molecule has 0 fully saturated rings. The van der Waals surface area contributed by atoms with Crippen LogP contribution in [-0.2, 0) is 0 Å². The van der Waals surface area contributed by atoms with Crippen molar-refractivity contribution in [2.75, 3.05) is 0 Å². The lowest BCUT2D eigenvalue weighted by molar-refractivity contribution is 0.613. The molecule has 0 aromatic rings. The molecule has 0 saturated carbocycles. The zero-order chi connectivity index (χ0) is 6.41. The van der Waals surface area contributed by atoms with E-state index in [9.17, 15) is 0 Å². The Hall–Kier alpha value is -0.440. The van der Waals surface area contributed by atoms with Gasteiger partial charge in [-0.2, -0.15) is 0 Å². The predicted molar refractivity (Wildman–Crippen MR) is 36.1 cm³/mol. The number of terminal acetylenes is 1. The maximum Gasteiger partial charge on any atom is 0.00861 e. The van der Waals surface area contributed by atoms with E-state index in [-0.39, 0.29) is 0 Å². The first-order valence-electron chi connectivity index (χ1n) is 2.96. The molecular formula is C8H12. The van der Waals surface area contributed by atoms with Gasteiger partial charge in [-0.15, -0.1) is 12.3 Å². The molecule has 0 amide bonds. The molecule has 0 nitrogen and oxygen atoms in total. The second-order valence-corrected chi connectivity index (χ2v) is 2.07. The molecule has 0 aliphatic rings. The van der Waals surface area contributed by atoms with E-state index in [0.717, 1.165) is 19.3 Å². The van der Waals surface area contributed by atoms with Crippen LogP contribution >= 0.6 is 0 Å². The van der Waals surface area contributed by atoms with Gasteiger partial charge in [0, 0.05) is 6.42 Å². The molecule has 0 heterocycles. The Morgan fingerprint density at radius 1 is 1.62 bits per heavy atom.